The third kappa shape index (κ3) is 3.23. The highest BCUT2D eigenvalue weighted by Crippen LogP contribution is 2.10. The number of nitro groups is 1. The predicted octanol–water partition coefficient (Wildman–Crippen LogP) is 0.538. The second-order valence-electron chi connectivity index (χ2n) is 3.99. The summed E-state index contributed by atoms with van der Waals surface area (Å²) >= 11 is 0. The van der Waals surface area contributed by atoms with Crippen molar-refractivity contribution in [1.29, 1.82) is 0 Å². The van der Waals surface area contributed by atoms with Crippen LogP contribution in [0.25, 0.3) is 0 Å². The average molecular weight is 305 g/mol. The number of ether oxygens (including phenoxy) is 1. The Kier molecular flexibility index (Phi) is 4.41. The Morgan fingerprint density at radius 1 is 1.50 bits per heavy atom. The van der Waals surface area contributed by atoms with Gasteiger partial charge in [-0.3, -0.25) is 14.9 Å². The van der Waals surface area contributed by atoms with Crippen LogP contribution in [0, 0.1) is 10.1 Å². The molecule has 0 unspecified atom stereocenters. The Bertz CT molecular complexity index is 774. The van der Waals surface area contributed by atoms with Gasteiger partial charge in [-0.1, -0.05) is 0 Å². The maximum Gasteiger partial charge on any atom is 0.364 e. The highest BCUT2D eigenvalue weighted by atomic mass is 16.6. The fraction of sp³-hybridized carbons (Fsp3) is 0.167. The first-order valence-corrected chi connectivity index (χ1v) is 6.16. The van der Waals surface area contributed by atoms with Crippen molar-refractivity contribution in [2.75, 3.05) is 6.61 Å². The molecule has 2 rings (SSSR count). The number of esters is 1. The van der Waals surface area contributed by atoms with Crippen LogP contribution < -0.4 is 5.56 Å². The second kappa shape index (κ2) is 6.43. The monoisotopic (exact) mass is 305 g/mol. The van der Waals surface area contributed by atoms with Gasteiger partial charge in [0.15, 0.2) is 0 Å². The molecule has 1 heterocycles. The lowest BCUT2D eigenvalue weighted by atomic mass is 10.2. The maximum absolute atomic E-state index is 11.8. The largest absolute Gasteiger partial charge is 0.461 e. The molecule has 0 spiro atoms. The van der Waals surface area contributed by atoms with Crippen molar-refractivity contribution in [1.82, 2.24) is 15.1 Å². The zero-order valence-corrected chi connectivity index (χ0v) is 11.4. The van der Waals surface area contributed by atoms with Crippen LogP contribution in [0.3, 0.4) is 0 Å². The van der Waals surface area contributed by atoms with Crippen LogP contribution in [-0.4, -0.2) is 38.8 Å². The Labute approximate surface area is 123 Å². The number of H-pyrrole nitrogens is 1. The number of benzene rings is 1. The van der Waals surface area contributed by atoms with Gasteiger partial charge in [-0.05, 0) is 24.6 Å². The summed E-state index contributed by atoms with van der Waals surface area (Å²) in [4.78, 5) is 34.0. The molecule has 0 fully saturated rings. The van der Waals surface area contributed by atoms with E-state index < -0.39 is 22.1 Å². The van der Waals surface area contributed by atoms with Crippen molar-refractivity contribution in [3.8, 4) is 0 Å². The van der Waals surface area contributed by atoms with Gasteiger partial charge in [0.25, 0.3) is 5.69 Å². The predicted molar refractivity (Wildman–Crippen MR) is 74.9 cm³/mol. The SMILES string of the molecule is CCOC(=O)c1n[nH]n(/N=C/c2ccc([N+](=O)[O-])cc2)c1=O. The second-order valence-corrected chi connectivity index (χ2v) is 3.99. The van der Waals surface area contributed by atoms with Crippen LogP contribution in [0.4, 0.5) is 5.69 Å². The Balaban J connectivity index is 2.18. The number of hydrogen-bond acceptors (Lipinski definition) is 7. The lowest BCUT2D eigenvalue weighted by Gasteiger charge is -1.94. The molecule has 10 nitrogen and oxygen atoms in total. The molecule has 22 heavy (non-hydrogen) atoms. The van der Waals surface area contributed by atoms with Crippen molar-refractivity contribution in [2.45, 2.75) is 6.92 Å². The number of aromatic amines is 1. The summed E-state index contributed by atoms with van der Waals surface area (Å²) in [5.74, 6) is -0.840. The number of nitrogens with zero attached hydrogens (tertiary/aromatic N) is 4. The molecule has 114 valence electrons. The summed E-state index contributed by atoms with van der Waals surface area (Å²) in [6.07, 6.45) is 1.29. The maximum atomic E-state index is 11.8. The minimum absolute atomic E-state index is 0.0551. The first kappa shape index (κ1) is 15.1. The van der Waals surface area contributed by atoms with E-state index in [-0.39, 0.29) is 12.3 Å². The molecule has 0 saturated heterocycles. The molecule has 0 amide bonds. The Morgan fingerprint density at radius 3 is 2.77 bits per heavy atom. The molecule has 0 aliphatic rings. The van der Waals surface area contributed by atoms with E-state index in [4.69, 9.17) is 0 Å². The molecule has 0 aliphatic heterocycles. The summed E-state index contributed by atoms with van der Waals surface area (Å²) < 4.78 is 4.67. The first-order chi connectivity index (χ1) is 10.5. The minimum Gasteiger partial charge on any atom is -0.461 e. The molecule has 0 radical (unpaired) electrons. The van der Waals surface area contributed by atoms with E-state index in [1.807, 2.05) is 0 Å². The van der Waals surface area contributed by atoms with Crippen LogP contribution in [0.15, 0.2) is 34.2 Å². The fourth-order valence-electron chi connectivity index (χ4n) is 1.51. The summed E-state index contributed by atoms with van der Waals surface area (Å²) in [6, 6.07) is 5.55. The Morgan fingerprint density at radius 2 is 2.18 bits per heavy atom. The van der Waals surface area contributed by atoms with Crippen molar-refractivity contribution >= 4 is 17.9 Å². The molecule has 10 heteroatoms. The third-order valence-electron chi connectivity index (χ3n) is 2.55. The smallest absolute Gasteiger partial charge is 0.364 e. The quantitative estimate of drug-likeness (QED) is 0.371. The van der Waals surface area contributed by atoms with Crippen LogP contribution in [0.5, 0.6) is 0 Å². The molecule has 2 aromatic rings. The van der Waals surface area contributed by atoms with Gasteiger partial charge in [0.2, 0.25) is 5.69 Å². The van der Waals surface area contributed by atoms with Gasteiger partial charge in [0, 0.05) is 12.1 Å². The molecule has 0 bridgehead atoms. The molecule has 0 aliphatic carbocycles. The van der Waals surface area contributed by atoms with E-state index in [1.165, 1.54) is 30.5 Å². The average Bonchev–Trinajstić information content (AvgIpc) is 2.87. The molecule has 1 aromatic heterocycles. The van der Waals surface area contributed by atoms with E-state index in [9.17, 15) is 19.7 Å². The van der Waals surface area contributed by atoms with Crippen LogP contribution >= 0.6 is 0 Å². The molecular formula is C12H11N5O5. The normalized spacial score (nSPS) is 10.8. The summed E-state index contributed by atoms with van der Waals surface area (Å²) in [7, 11) is 0. The zero-order chi connectivity index (χ0) is 16.1. The van der Waals surface area contributed by atoms with E-state index in [0.29, 0.717) is 5.56 Å². The number of hydrogen-bond donors (Lipinski definition) is 1. The first-order valence-electron chi connectivity index (χ1n) is 6.16. The Hall–Kier alpha value is -3.30. The molecule has 1 N–H and O–H groups in total. The lowest BCUT2D eigenvalue weighted by molar-refractivity contribution is -0.384. The van der Waals surface area contributed by atoms with Crippen molar-refractivity contribution in [3.05, 3.63) is 56.0 Å². The van der Waals surface area contributed by atoms with Crippen LogP contribution in [0.2, 0.25) is 0 Å². The van der Waals surface area contributed by atoms with Crippen molar-refractivity contribution < 1.29 is 14.5 Å². The third-order valence-corrected chi connectivity index (χ3v) is 2.55. The summed E-state index contributed by atoms with van der Waals surface area (Å²) in [5, 5.41) is 20.1. The minimum atomic E-state index is -0.840. The van der Waals surface area contributed by atoms with Crippen LogP contribution in [0.1, 0.15) is 23.0 Å². The zero-order valence-electron chi connectivity index (χ0n) is 11.4. The van der Waals surface area contributed by atoms with Crippen LogP contribution in [-0.2, 0) is 4.74 Å². The highest BCUT2D eigenvalue weighted by Gasteiger charge is 2.17. The van der Waals surface area contributed by atoms with E-state index in [1.54, 1.807) is 6.92 Å². The van der Waals surface area contributed by atoms with Gasteiger partial charge >= 0.3 is 11.5 Å². The fourth-order valence-corrected chi connectivity index (χ4v) is 1.51. The summed E-state index contributed by atoms with van der Waals surface area (Å²) in [5.41, 5.74) is -0.676. The van der Waals surface area contributed by atoms with Gasteiger partial charge in [-0.25, -0.2) is 4.79 Å². The summed E-state index contributed by atoms with van der Waals surface area (Å²) in [6.45, 7) is 1.73. The topological polar surface area (TPSA) is 132 Å². The van der Waals surface area contributed by atoms with Crippen molar-refractivity contribution in [3.63, 3.8) is 0 Å². The molecule has 0 saturated carbocycles. The van der Waals surface area contributed by atoms with Gasteiger partial charge in [0.05, 0.1) is 17.7 Å². The molecule has 1 aromatic carbocycles. The van der Waals surface area contributed by atoms with Crippen molar-refractivity contribution in [2.24, 2.45) is 5.10 Å². The highest BCUT2D eigenvalue weighted by molar-refractivity contribution is 5.86. The molecule has 0 atom stereocenters. The number of rotatable bonds is 5. The number of aromatic nitrogens is 3. The van der Waals surface area contributed by atoms with E-state index >= 15 is 0 Å². The lowest BCUT2D eigenvalue weighted by Crippen LogP contribution is -2.20. The van der Waals surface area contributed by atoms with E-state index in [2.05, 4.69) is 20.2 Å². The standard InChI is InChI=1S/C12H11N5O5/c1-2-22-12(19)10-11(18)16(15-14-10)13-7-8-3-5-9(6-4-8)17(20)21/h3-7,15H,2H2,1H3/b13-7+. The van der Waals surface area contributed by atoms with Gasteiger partial charge in [0.1, 0.15) is 0 Å². The van der Waals surface area contributed by atoms with Gasteiger partial charge in [-0.2, -0.15) is 10.3 Å². The van der Waals surface area contributed by atoms with E-state index in [0.717, 1.165) is 4.79 Å². The molecular weight excluding hydrogens is 294 g/mol. The van der Waals surface area contributed by atoms with Gasteiger partial charge in [-0.15, -0.1) is 9.89 Å². The number of nitrogens with one attached hydrogen (secondary N) is 1. The number of carbonyl (C=O) groups is 1. The number of carbonyl (C=O) groups excluding carboxylic acids is 1. The number of nitro benzene ring substituents is 1. The van der Waals surface area contributed by atoms with Gasteiger partial charge < -0.3 is 4.74 Å². The number of non-ortho nitro benzene ring substituents is 1.